The highest BCUT2D eigenvalue weighted by Gasteiger charge is 2.33. The van der Waals surface area contributed by atoms with Crippen LogP contribution in [0.2, 0.25) is 5.02 Å². The lowest BCUT2D eigenvalue weighted by atomic mass is 10.0. The fourth-order valence-electron chi connectivity index (χ4n) is 3.68. The molecule has 7 nitrogen and oxygen atoms in total. The zero-order valence-electron chi connectivity index (χ0n) is 17.7. The minimum Gasteiger partial charge on any atom is -0.350 e. The molecule has 2 N–H and O–H groups in total. The molecule has 2 aromatic heterocycles. The molecule has 1 aromatic carbocycles. The number of hydrogen-bond acceptors (Lipinski definition) is 6. The monoisotopic (exact) mass is 469 g/mol. The van der Waals surface area contributed by atoms with Gasteiger partial charge in [-0.2, -0.15) is 0 Å². The average Bonchev–Trinajstić information content (AvgIpc) is 3.28. The number of likely N-dealkylation sites (tertiary alicyclic amines) is 1. The molecule has 0 unspecified atom stereocenters. The summed E-state index contributed by atoms with van der Waals surface area (Å²) in [5.74, 6) is -0.372. The number of benzene rings is 1. The molecule has 1 aliphatic rings. The van der Waals surface area contributed by atoms with Crippen molar-refractivity contribution < 1.29 is 9.59 Å². The van der Waals surface area contributed by atoms with Crippen LogP contribution in [-0.2, 0) is 11.3 Å². The van der Waals surface area contributed by atoms with Gasteiger partial charge in [-0.15, -0.1) is 11.3 Å². The Kier molecular flexibility index (Phi) is 7.02. The van der Waals surface area contributed by atoms with Gasteiger partial charge in [-0.25, -0.2) is 4.98 Å². The highest BCUT2D eigenvalue weighted by atomic mass is 35.5. The molecule has 0 aliphatic carbocycles. The standard InChI is InChI=1S/C23H24ClN5O2S/c1-15-7-8-17(24)11-18(15)27-23-28-19(14-32-23)22(31)29-10-3-2-6-20(29)21(30)26-13-16-5-4-9-25-12-16/h4-5,7-9,11-12,14,20H,2-3,6,10,13H2,1H3,(H,26,30)(H,27,28)/t20-/m0/s1. The van der Waals surface area contributed by atoms with E-state index in [4.69, 9.17) is 11.6 Å². The first-order chi connectivity index (χ1) is 15.5. The summed E-state index contributed by atoms with van der Waals surface area (Å²) in [5, 5.41) is 9.12. The number of nitrogens with one attached hydrogen (secondary N) is 2. The number of rotatable bonds is 6. The molecule has 0 bridgehead atoms. The average molecular weight is 470 g/mol. The predicted molar refractivity (Wildman–Crippen MR) is 126 cm³/mol. The molecule has 2 amide bonds. The van der Waals surface area contributed by atoms with Crippen LogP contribution in [0.3, 0.4) is 0 Å². The molecule has 0 saturated carbocycles. The first-order valence-corrected chi connectivity index (χ1v) is 11.7. The fraction of sp³-hybridized carbons (Fsp3) is 0.304. The molecule has 0 radical (unpaired) electrons. The fourth-order valence-corrected chi connectivity index (χ4v) is 4.55. The number of aromatic nitrogens is 2. The predicted octanol–water partition coefficient (Wildman–Crippen LogP) is 4.55. The van der Waals surface area contributed by atoms with Gasteiger partial charge in [-0.3, -0.25) is 14.6 Å². The number of pyridine rings is 1. The molecular formula is C23H24ClN5O2S. The Morgan fingerprint density at radius 1 is 1.28 bits per heavy atom. The SMILES string of the molecule is Cc1ccc(Cl)cc1Nc1nc(C(=O)N2CCCC[C@H]2C(=O)NCc2cccnc2)cs1. The van der Waals surface area contributed by atoms with Gasteiger partial charge in [-0.1, -0.05) is 23.7 Å². The van der Waals surface area contributed by atoms with Gasteiger partial charge in [0.1, 0.15) is 11.7 Å². The number of amides is 2. The lowest BCUT2D eigenvalue weighted by molar-refractivity contribution is -0.126. The van der Waals surface area contributed by atoms with E-state index in [0.29, 0.717) is 35.4 Å². The van der Waals surface area contributed by atoms with Gasteiger partial charge in [-0.05, 0) is 55.5 Å². The maximum absolute atomic E-state index is 13.2. The van der Waals surface area contributed by atoms with E-state index in [2.05, 4.69) is 20.6 Å². The third-order valence-electron chi connectivity index (χ3n) is 5.42. The third kappa shape index (κ3) is 5.26. The Morgan fingerprint density at radius 2 is 2.16 bits per heavy atom. The van der Waals surface area contributed by atoms with Crippen molar-refractivity contribution in [2.75, 3.05) is 11.9 Å². The second-order valence-electron chi connectivity index (χ2n) is 7.71. The van der Waals surface area contributed by atoms with Crippen LogP contribution in [0.15, 0.2) is 48.1 Å². The Balaban J connectivity index is 1.44. The first-order valence-electron chi connectivity index (χ1n) is 10.5. The number of aryl methyl sites for hydroxylation is 1. The summed E-state index contributed by atoms with van der Waals surface area (Å²) in [5.41, 5.74) is 3.13. The zero-order chi connectivity index (χ0) is 22.5. The van der Waals surface area contributed by atoms with Crippen molar-refractivity contribution >= 4 is 45.6 Å². The van der Waals surface area contributed by atoms with E-state index >= 15 is 0 Å². The van der Waals surface area contributed by atoms with Crippen LogP contribution in [0.1, 0.15) is 40.9 Å². The number of thiazole rings is 1. The van der Waals surface area contributed by atoms with E-state index in [-0.39, 0.29) is 11.8 Å². The quantitative estimate of drug-likeness (QED) is 0.552. The molecular weight excluding hydrogens is 446 g/mol. The van der Waals surface area contributed by atoms with E-state index in [9.17, 15) is 9.59 Å². The number of carbonyl (C=O) groups excluding carboxylic acids is 2. The van der Waals surface area contributed by atoms with Crippen molar-refractivity contribution in [1.82, 2.24) is 20.2 Å². The largest absolute Gasteiger partial charge is 0.350 e. The van der Waals surface area contributed by atoms with Crippen molar-refractivity contribution in [2.24, 2.45) is 0 Å². The van der Waals surface area contributed by atoms with Crippen molar-refractivity contribution in [1.29, 1.82) is 0 Å². The molecule has 1 aliphatic heterocycles. The van der Waals surface area contributed by atoms with Gasteiger partial charge >= 0.3 is 0 Å². The number of halogens is 1. The van der Waals surface area contributed by atoms with Gasteiger partial charge in [0.15, 0.2) is 5.13 Å². The highest BCUT2D eigenvalue weighted by molar-refractivity contribution is 7.14. The summed E-state index contributed by atoms with van der Waals surface area (Å²) in [6.45, 7) is 2.90. The summed E-state index contributed by atoms with van der Waals surface area (Å²) < 4.78 is 0. The second kappa shape index (κ2) is 10.1. The summed E-state index contributed by atoms with van der Waals surface area (Å²) >= 11 is 7.44. The molecule has 1 saturated heterocycles. The zero-order valence-corrected chi connectivity index (χ0v) is 19.2. The topological polar surface area (TPSA) is 87.2 Å². The van der Waals surface area contributed by atoms with Crippen molar-refractivity contribution in [2.45, 2.75) is 38.8 Å². The van der Waals surface area contributed by atoms with Gasteiger partial charge in [0.2, 0.25) is 5.91 Å². The third-order valence-corrected chi connectivity index (χ3v) is 6.41. The van der Waals surface area contributed by atoms with E-state index in [0.717, 1.165) is 29.7 Å². The Hall–Kier alpha value is -2.97. The summed E-state index contributed by atoms with van der Waals surface area (Å²) in [6, 6.07) is 8.81. The minimum absolute atomic E-state index is 0.148. The molecule has 3 heterocycles. The van der Waals surface area contributed by atoms with Crippen molar-refractivity contribution in [3.8, 4) is 0 Å². The van der Waals surface area contributed by atoms with E-state index in [1.165, 1.54) is 11.3 Å². The van der Waals surface area contributed by atoms with Crippen LogP contribution >= 0.6 is 22.9 Å². The highest BCUT2D eigenvalue weighted by Crippen LogP contribution is 2.27. The number of nitrogens with zero attached hydrogens (tertiary/aromatic N) is 3. The van der Waals surface area contributed by atoms with Gasteiger partial charge in [0, 0.05) is 41.6 Å². The molecule has 9 heteroatoms. The molecule has 0 spiro atoms. The summed E-state index contributed by atoms with van der Waals surface area (Å²) in [7, 11) is 0. The maximum atomic E-state index is 13.2. The van der Waals surface area contributed by atoms with Gasteiger partial charge in [0.05, 0.1) is 0 Å². The van der Waals surface area contributed by atoms with E-state index in [1.54, 1.807) is 22.7 Å². The molecule has 166 valence electrons. The van der Waals surface area contributed by atoms with E-state index < -0.39 is 6.04 Å². The lowest BCUT2D eigenvalue weighted by Crippen LogP contribution is -2.51. The Bertz CT molecular complexity index is 1100. The molecule has 32 heavy (non-hydrogen) atoms. The van der Waals surface area contributed by atoms with Crippen molar-refractivity contribution in [3.63, 3.8) is 0 Å². The Morgan fingerprint density at radius 3 is 2.97 bits per heavy atom. The van der Waals surface area contributed by atoms with Gasteiger partial charge in [0.25, 0.3) is 5.91 Å². The smallest absolute Gasteiger partial charge is 0.274 e. The van der Waals surface area contributed by atoms with Crippen LogP contribution in [0, 0.1) is 6.92 Å². The summed E-state index contributed by atoms with van der Waals surface area (Å²) in [6.07, 6.45) is 5.83. The molecule has 1 atom stereocenters. The Labute approximate surface area is 195 Å². The summed E-state index contributed by atoms with van der Waals surface area (Å²) in [4.78, 5) is 36.3. The number of carbonyl (C=O) groups is 2. The van der Waals surface area contributed by atoms with E-state index in [1.807, 2.05) is 37.3 Å². The molecule has 3 aromatic rings. The van der Waals surface area contributed by atoms with Crippen LogP contribution < -0.4 is 10.6 Å². The normalized spacial score (nSPS) is 15.9. The van der Waals surface area contributed by atoms with Crippen LogP contribution in [-0.4, -0.2) is 39.3 Å². The van der Waals surface area contributed by atoms with Crippen LogP contribution in [0.5, 0.6) is 0 Å². The number of anilines is 2. The van der Waals surface area contributed by atoms with Gasteiger partial charge < -0.3 is 15.5 Å². The molecule has 1 fully saturated rings. The van der Waals surface area contributed by atoms with Crippen molar-refractivity contribution in [3.05, 3.63) is 69.9 Å². The first kappa shape index (κ1) is 22.2. The lowest BCUT2D eigenvalue weighted by Gasteiger charge is -2.34. The van der Waals surface area contributed by atoms with Crippen LogP contribution in [0.25, 0.3) is 0 Å². The maximum Gasteiger partial charge on any atom is 0.274 e. The minimum atomic E-state index is -0.499. The second-order valence-corrected chi connectivity index (χ2v) is 9.01. The number of hydrogen-bond donors (Lipinski definition) is 2. The van der Waals surface area contributed by atoms with Crippen LogP contribution in [0.4, 0.5) is 10.8 Å². The number of piperidine rings is 1. The molecule has 4 rings (SSSR count).